The molecular formula is C13H15ClN4O2S. The molecule has 0 aliphatic carbocycles. The highest BCUT2D eigenvalue weighted by molar-refractivity contribution is 8.13. The number of aromatic nitrogens is 2. The maximum Gasteiger partial charge on any atom is 0.282 e. The number of halogens is 1. The second kappa shape index (κ2) is 6.93. The van der Waals surface area contributed by atoms with E-state index >= 15 is 0 Å². The first-order valence-electron chi connectivity index (χ1n) is 6.30. The Morgan fingerprint density at radius 1 is 1.33 bits per heavy atom. The number of hydrogen-bond donors (Lipinski definition) is 1. The molecule has 8 heteroatoms. The lowest BCUT2D eigenvalue weighted by atomic mass is 10.1. The zero-order chi connectivity index (χ0) is 13.9. The molecule has 0 atom stereocenters. The Labute approximate surface area is 132 Å². The van der Waals surface area contributed by atoms with Crippen LogP contribution in [0.1, 0.15) is 11.5 Å². The molecule has 0 spiro atoms. The minimum absolute atomic E-state index is 0. The van der Waals surface area contributed by atoms with Gasteiger partial charge in [-0.1, -0.05) is 41.2 Å². The number of benzene rings is 1. The zero-order valence-electron chi connectivity index (χ0n) is 11.2. The molecule has 21 heavy (non-hydrogen) atoms. The van der Waals surface area contributed by atoms with Gasteiger partial charge in [0.25, 0.3) is 5.24 Å². The van der Waals surface area contributed by atoms with Crippen LogP contribution in [0.4, 0.5) is 4.79 Å². The van der Waals surface area contributed by atoms with Crippen molar-refractivity contribution in [3.8, 4) is 11.4 Å². The summed E-state index contributed by atoms with van der Waals surface area (Å²) < 4.78 is 5.20. The van der Waals surface area contributed by atoms with Crippen LogP contribution in [0.3, 0.4) is 0 Å². The molecule has 1 saturated heterocycles. The third-order valence-electron chi connectivity index (χ3n) is 3.09. The molecule has 0 radical (unpaired) electrons. The fourth-order valence-corrected chi connectivity index (χ4v) is 2.78. The van der Waals surface area contributed by atoms with Crippen LogP contribution in [0.5, 0.6) is 0 Å². The quantitative estimate of drug-likeness (QED) is 0.927. The van der Waals surface area contributed by atoms with E-state index in [-0.39, 0.29) is 17.6 Å². The Morgan fingerprint density at radius 2 is 2.10 bits per heavy atom. The third-order valence-corrected chi connectivity index (χ3v) is 3.98. The molecule has 1 aromatic carbocycles. The normalized spacial score (nSPS) is 14.3. The first-order valence-corrected chi connectivity index (χ1v) is 7.28. The summed E-state index contributed by atoms with van der Waals surface area (Å²) in [5.74, 6) is 1.81. The van der Waals surface area contributed by atoms with Crippen LogP contribution in [-0.2, 0) is 13.1 Å². The number of hydrogen-bond acceptors (Lipinski definition) is 6. The number of nitrogens with two attached hydrogens (primary N) is 1. The summed E-state index contributed by atoms with van der Waals surface area (Å²) in [5.41, 5.74) is 7.49. The zero-order valence-corrected chi connectivity index (χ0v) is 12.8. The van der Waals surface area contributed by atoms with Crippen molar-refractivity contribution in [3.63, 3.8) is 0 Å². The van der Waals surface area contributed by atoms with Crippen LogP contribution in [0.25, 0.3) is 11.4 Å². The van der Waals surface area contributed by atoms with Crippen LogP contribution >= 0.6 is 24.2 Å². The predicted molar refractivity (Wildman–Crippen MR) is 83.1 cm³/mol. The van der Waals surface area contributed by atoms with Gasteiger partial charge in [-0.15, -0.1) is 12.4 Å². The molecule has 1 fully saturated rings. The Hall–Kier alpha value is -1.57. The lowest BCUT2D eigenvalue weighted by molar-refractivity contribution is 0.218. The van der Waals surface area contributed by atoms with Gasteiger partial charge in [-0.3, -0.25) is 4.79 Å². The molecule has 0 unspecified atom stereocenters. The van der Waals surface area contributed by atoms with E-state index in [1.54, 1.807) is 4.90 Å². The van der Waals surface area contributed by atoms with Crippen molar-refractivity contribution in [3.05, 3.63) is 35.7 Å². The van der Waals surface area contributed by atoms with E-state index in [4.69, 9.17) is 10.3 Å². The van der Waals surface area contributed by atoms with Crippen molar-refractivity contribution in [2.24, 2.45) is 5.73 Å². The largest absolute Gasteiger partial charge is 0.337 e. The summed E-state index contributed by atoms with van der Waals surface area (Å²) in [5, 5.41) is 4.01. The van der Waals surface area contributed by atoms with Gasteiger partial charge in [-0.05, 0) is 5.56 Å². The Bertz CT molecular complexity index is 617. The standard InChI is InChI=1S/C13H14N4O2S.ClH/c14-7-9-1-3-10(4-2-9)12-15-11(19-16-12)8-17-5-6-20-13(17)18;/h1-4H,5-8,14H2;1H. The smallest absolute Gasteiger partial charge is 0.282 e. The average molecular weight is 327 g/mol. The monoisotopic (exact) mass is 326 g/mol. The van der Waals surface area contributed by atoms with Crippen LogP contribution in [-0.4, -0.2) is 32.6 Å². The van der Waals surface area contributed by atoms with Crippen molar-refractivity contribution < 1.29 is 9.32 Å². The number of amides is 1. The van der Waals surface area contributed by atoms with E-state index < -0.39 is 0 Å². The second-order valence-corrected chi connectivity index (χ2v) is 5.49. The van der Waals surface area contributed by atoms with Crippen molar-refractivity contribution >= 4 is 29.4 Å². The number of carbonyl (C=O) groups excluding carboxylic acids is 1. The van der Waals surface area contributed by atoms with E-state index in [0.29, 0.717) is 24.8 Å². The Balaban J connectivity index is 0.00000161. The van der Waals surface area contributed by atoms with Crippen molar-refractivity contribution in [1.29, 1.82) is 0 Å². The summed E-state index contributed by atoms with van der Waals surface area (Å²) in [6.07, 6.45) is 0. The lowest BCUT2D eigenvalue weighted by Crippen LogP contribution is -2.22. The van der Waals surface area contributed by atoms with Crippen LogP contribution in [0, 0.1) is 0 Å². The van der Waals surface area contributed by atoms with Crippen LogP contribution in [0.2, 0.25) is 0 Å². The first kappa shape index (κ1) is 15.8. The lowest BCUT2D eigenvalue weighted by Gasteiger charge is -2.09. The van der Waals surface area contributed by atoms with E-state index in [1.165, 1.54) is 11.8 Å². The molecule has 1 aliphatic rings. The summed E-state index contributed by atoms with van der Waals surface area (Å²) >= 11 is 1.32. The summed E-state index contributed by atoms with van der Waals surface area (Å²) in [4.78, 5) is 17.5. The average Bonchev–Trinajstić information content (AvgIpc) is 3.10. The van der Waals surface area contributed by atoms with Crippen molar-refractivity contribution in [1.82, 2.24) is 15.0 Å². The third kappa shape index (κ3) is 3.55. The van der Waals surface area contributed by atoms with E-state index in [1.807, 2.05) is 24.3 Å². The molecule has 2 heterocycles. The van der Waals surface area contributed by atoms with Crippen molar-refractivity contribution in [2.45, 2.75) is 13.1 Å². The maximum absolute atomic E-state index is 11.5. The minimum Gasteiger partial charge on any atom is -0.337 e. The number of nitrogens with zero attached hydrogens (tertiary/aromatic N) is 3. The minimum atomic E-state index is 0. The topological polar surface area (TPSA) is 85.2 Å². The Kier molecular flexibility index (Phi) is 5.22. The van der Waals surface area contributed by atoms with Gasteiger partial charge in [0.05, 0.1) is 0 Å². The Morgan fingerprint density at radius 3 is 2.71 bits per heavy atom. The second-order valence-electron chi connectivity index (χ2n) is 4.45. The summed E-state index contributed by atoms with van der Waals surface area (Å²) in [6, 6.07) is 7.69. The molecule has 2 aromatic rings. The van der Waals surface area contributed by atoms with Crippen LogP contribution < -0.4 is 5.73 Å². The fourth-order valence-electron chi connectivity index (χ4n) is 1.96. The molecule has 6 nitrogen and oxygen atoms in total. The van der Waals surface area contributed by atoms with Gasteiger partial charge in [0.15, 0.2) is 0 Å². The van der Waals surface area contributed by atoms with Gasteiger partial charge in [0.2, 0.25) is 11.7 Å². The van der Waals surface area contributed by atoms with Crippen molar-refractivity contribution in [2.75, 3.05) is 12.3 Å². The van der Waals surface area contributed by atoms with Gasteiger partial charge >= 0.3 is 0 Å². The molecule has 1 amide bonds. The number of thioether (sulfide) groups is 1. The summed E-state index contributed by atoms with van der Waals surface area (Å²) in [6.45, 7) is 1.61. The molecule has 2 N–H and O–H groups in total. The molecule has 1 aliphatic heterocycles. The van der Waals surface area contributed by atoms with Gasteiger partial charge in [0.1, 0.15) is 6.54 Å². The molecule has 112 valence electrons. The van der Waals surface area contributed by atoms with Gasteiger partial charge in [-0.2, -0.15) is 4.98 Å². The van der Waals surface area contributed by atoms with Gasteiger partial charge < -0.3 is 15.2 Å². The van der Waals surface area contributed by atoms with Gasteiger partial charge in [0, 0.05) is 24.4 Å². The predicted octanol–water partition coefficient (Wildman–Crippen LogP) is 2.29. The van der Waals surface area contributed by atoms with E-state index in [2.05, 4.69) is 10.1 Å². The highest BCUT2D eigenvalue weighted by Gasteiger charge is 2.23. The molecule has 3 rings (SSSR count). The highest BCUT2D eigenvalue weighted by atomic mass is 35.5. The fraction of sp³-hybridized carbons (Fsp3) is 0.308. The number of rotatable bonds is 4. The molecular weight excluding hydrogens is 312 g/mol. The van der Waals surface area contributed by atoms with Crippen LogP contribution in [0.15, 0.2) is 28.8 Å². The molecule has 0 saturated carbocycles. The maximum atomic E-state index is 11.5. The first-order chi connectivity index (χ1) is 9.76. The summed E-state index contributed by atoms with van der Waals surface area (Å²) in [7, 11) is 0. The van der Waals surface area contributed by atoms with Gasteiger partial charge in [-0.25, -0.2) is 0 Å². The molecule has 1 aromatic heterocycles. The van der Waals surface area contributed by atoms with E-state index in [9.17, 15) is 4.79 Å². The number of carbonyl (C=O) groups is 1. The SMILES string of the molecule is Cl.NCc1ccc(-c2noc(CN3CCSC3=O)n2)cc1. The molecule has 0 bridgehead atoms. The van der Waals surface area contributed by atoms with E-state index in [0.717, 1.165) is 23.4 Å². The highest BCUT2D eigenvalue weighted by Crippen LogP contribution is 2.21.